The molecule has 0 saturated carbocycles. The third-order valence-electron chi connectivity index (χ3n) is 2.67. The summed E-state index contributed by atoms with van der Waals surface area (Å²) >= 11 is 6.59. The van der Waals surface area contributed by atoms with Gasteiger partial charge in [0.05, 0.1) is 5.75 Å². The van der Waals surface area contributed by atoms with E-state index in [4.69, 9.17) is 11.6 Å². The normalized spacial score (nSPS) is 11.4. The van der Waals surface area contributed by atoms with Gasteiger partial charge >= 0.3 is 6.18 Å². The molecule has 2 aromatic carbocycles. The second-order valence-electron chi connectivity index (χ2n) is 4.38. The van der Waals surface area contributed by atoms with E-state index in [1.165, 1.54) is 0 Å². The highest BCUT2D eigenvalue weighted by atomic mass is 35.5. The van der Waals surface area contributed by atoms with E-state index >= 15 is 0 Å². The molecule has 0 aliphatic rings. The monoisotopic (exact) mass is 331 g/mol. The highest BCUT2D eigenvalue weighted by molar-refractivity contribution is 7.99. The standard InChI is InChI=1S/C15H13ClF3NS/c16-12-7-5-11(6-8-12)9-20-13-3-1-2-4-14(13)21-10-15(17,18)19/h1-8,20H,9-10H2. The smallest absolute Gasteiger partial charge is 0.380 e. The van der Waals surface area contributed by atoms with Crippen LogP contribution in [0.1, 0.15) is 5.56 Å². The van der Waals surface area contributed by atoms with Gasteiger partial charge in [-0.3, -0.25) is 0 Å². The topological polar surface area (TPSA) is 12.0 Å². The summed E-state index contributed by atoms with van der Waals surface area (Å²) in [5.74, 6) is -0.896. The van der Waals surface area contributed by atoms with Crippen molar-refractivity contribution in [3.8, 4) is 0 Å². The van der Waals surface area contributed by atoms with Crippen molar-refractivity contribution in [2.45, 2.75) is 17.6 Å². The summed E-state index contributed by atoms with van der Waals surface area (Å²) in [6.45, 7) is 0.529. The lowest BCUT2D eigenvalue weighted by Gasteiger charge is -2.12. The fraction of sp³-hybridized carbons (Fsp3) is 0.200. The van der Waals surface area contributed by atoms with E-state index in [9.17, 15) is 13.2 Å². The molecule has 0 heterocycles. The Morgan fingerprint density at radius 1 is 1.00 bits per heavy atom. The molecule has 0 bridgehead atoms. The molecule has 1 nitrogen and oxygen atoms in total. The number of anilines is 1. The van der Waals surface area contributed by atoms with Gasteiger partial charge in [-0.2, -0.15) is 13.2 Å². The van der Waals surface area contributed by atoms with Crippen LogP contribution in [0.15, 0.2) is 53.4 Å². The summed E-state index contributed by atoms with van der Waals surface area (Å²) in [7, 11) is 0. The summed E-state index contributed by atoms with van der Waals surface area (Å²) in [6.07, 6.45) is -4.17. The summed E-state index contributed by atoms with van der Waals surface area (Å²) in [5, 5.41) is 3.81. The third-order valence-corrected chi connectivity index (χ3v) is 4.07. The second-order valence-corrected chi connectivity index (χ2v) is 5.83. The Bertz CT molecular complexity index is 584. The van der Waals surface area contributed by atoms with Crippen LogP contribution in [0.4, 0.5) is 18.9 Å². The van der Waals surface area contributed by atoms with Crippen LogP contribution in [0.3, 0.4) is 0 Å². The SMILES string of the molecule is FC(F)(F)CSc1ccccc1NCc1ccc(Cl)cc1. The molecule has 0 aromatic heterocycles. The molecule has 0 radical (unpaired) electrons. The molecule has 21 heavy (non-hydrogen) atoms. The second kappa shape index (κ2) is 7.09. The van der Waals surface area contributed by atoms with E-state index in [2.05, 4.69) is 5.32 Å². The highest BCUT2D eigenvalue weighted by Crippen LogP contribution is 2.32. The molecular formula is C15H13ClF3NS. The minimum atomic E-state index is -4.17. The van der Waals surface area contributed by atoms with Gasteiger partial charge in [-0.25, -0.2) is 0 Å². The first-order valence-electron chi connectivity index (χ1n) is 6.21. The molecule has 0 unspecified atom stereocenters. The maximum atomic E-state index is 12.3. The first-order chi connectivity index (χ1) is 9.94. The number of halogens is 4. The van der Waals surface area contributed by atoms with Gasteiger partial charge in [-0.15, -0.1) is 11.8 Å². The predicted octanol–water partition coefficient (Wildman–Crippen LogP) is 5.61. The number of alkyl halides is 3. The van der Waals surface area contributed by atoms with Crippen LogP contribution in [-0.2, 0) is 6.54 Å². The van der Waals surface area contributed by atoms with Gasteiger partial charge in [0.15, 0.2) is 0 Å². The van der Waals surface area contributed by atoms with E-state index in [1.807, 2.05) is 12.1 Å². The lowest BCUT2D eigenvalue weighted by molar-refractivity contribution is -0.105. The molecule has 0 atom stereocenters. The molecule has 0 aliphatic heterocycles. The zero-order valence-corrected chi connectivity index (χ0v) is 12.5. The lowest BCUT2D eigenvalue weighted by atomic mass is 10.2. The summed E-state index contributed by atoms with van der Waals surface area (Å²) in [6, 6.07) is 14.3. The first-order valence-corrected chi connectivity index (χ1v) is 7.57. The Balaban J connectivity index is 2.01. The van der Waals surface area contributed by atoms with Crippen molar-refractivity contribution in [2.75, 3.05) is 11.1 Å². The van der Waals surface area contributed by atoms with Crippen molar-refractivity contribution in [3.63, 3.8) is 0 Å². The zero-order valence-electron chi connectivity index (χ0n) is 11.0. The van der Waals surface area contributed by atoms with E-state index in [0.29, 0.717) is 22.2 Å². The number of rotatable bonds is 5. The van der Waals surface area contributed by atoms with E-state index in [0.717, 1.165) is 17.3 Å². The molecule has 0 spiro atoms. The molecule has 2 rings (SSSR count). The van der Waals surface area contributed by atoms with Crippen molar-refractivity contribution in [2.24, 2.45) is 0 Å². The molecule has 0 saturated heterocycles. The van der Waals surface area contributed by atoms with Crippen LogP contribution >= 0.6 is 23.4 Å². The fourth-order valence-electron chi connectivity index (χ4n) is 1.70. The third kappa shape index (κ3) is 5.52. The van der Waals surface area contributed by atoms with Gasteiger partial charge in [0.25, 0.3) is 0 Å². The van der Waals surface area contributed by atoms with E-state index in [-0.39, 0.29) is 0 Å². The molecule has 1 N–H and O–H groups in total. The summed E-state index contributed by atoms with van der Waals surface area (Å²) in [5.41, 5.74) is 1.71. The van der Waals surface area contributed by atoms with Gasteiger partial charge in [-0.05, 0) is 29.8 Å². The molecular weight excluding hydrogens is 319 g/mol. The largest absolute Gasteiger partial charge is 0.398 e. The highest BCUT2D eigenvalue weighted by Gasteiger charge is 2.27. The Morgan fingerprint density at radius 2 is 1.67 bits per heavy atom. The first kappa shape index (κ1) is 16.0. The van der Waals surface area contributed by atoms with Crippen molar-refractivity contribution < 1.29 is 13.2 Å². The number of para-hydroxylation sites is 1. The summed E-state index contributed by atoms with van der Waals surface area (Å²) < 4.78 is 36.9. The quantitative estimate of drug-likeness (QED) is 0.715. The van der Waals surface area contributed by atoms with Crippen molar-refractivity contribution >= 4 is 29.1 Å². The Kier molecular flexibility index (Phi) is 5.42. The molecule has 0 amide bonds. The Hall–Kier alpha value is -1.33. The average molecular weight is 332 g/mol. The van der Waals surface area contributed by atoms with Crippen molar-refractivity contribution in [3.05, 3.63) is 59.1 Å². The molecule has 112 valence electrons. The van der Waals surface area contributed by atoms with Crippen LogP contribution in [0, 0.1) is 0 Å². The molecule has 2 aromatic rings. The Labute approximate surface area is 130 Å². The minimum absolute atomic E-state index is 0.529. The molecule has 0 fully saturated rings. The maximum absolute atomic E-state index is 12.3. The molecule has 6 heteroatoms. The van der Waals surface area contributed by atoms with Crippen LogP contribution in [-0.4, -0.2) is 11.9 Å². The number of nitrogens with one attached hydrogen (secondary N) is 1. The van der Waals surface area contributed by atoms with Crippen LogP contribution in [0.25, 0.3) is 0 Å². The predicted molar refractivity (Wildman–Crippen MR) is 82.0 cm³/mol. The van der Waals surface area contributed by atoms with Gasteiger partial charge in [0, 0.05) is 22.2 Å². The Morgan fingerprint density at radius 3 is 2.33 bits per heavy atom. The average Bonchev–Trinajstić information content (AvgIpc) is 2.44. The fourth-order valence-corrected chi connectivity index (χ4v) is 2.61. The van der Waals surface area contributed by atoms with Gasteiger partial charge < -0.3 is 5.32 Å². The summed E-state index contributed by atoms with van der Waals surface area (Å²) in [4.78, 5) is 0.587. The number of benzene rings is 2. The van der Waals surface area contributed by atoms with E-state index < -0.39 is 11.9 Å². The van der Waals surface area contributed by atoms with Gasteiger partial charge in [0.2, 0.25) is 0 Å². The number of hydrogen-bond donors (Lipinski definition) is 1. The van der Waals surface area contributed by atoms with Gasteiger partial charge in [-0.1, -0.05) is 35.9 Å². The van der Waals surface area contributed by atoms with Crippen LogP contribution in [0.2, 0.25) is 5.02 Å². The maximum Gasteiger partial charge on any atom is 0.398 e. The van der Waals surface area contributed by atoms with E-state index in [1.54, 1.807) is 36.4 Å². The number of thioether (sulfide) groups is 1. The van der Waals surface area contributed by atoms with Crippen LogP contribution < -0.4 is 5.32 Å². The number of hydrogen-bond acceptors (Lipinski definition) is 2. The van der Waals surface area contributed by atoms with Crippen LogP contribution in [0.5, 0.6) is 0 Å². The lowest BCUT2D eigenvalue weighted by Crippen LogP contribution is -2.11. The van der Waals surface area contributed by atoms with Crippen molar-refractivity contribution in [1.82, 2.24) is 0 Å². The van der Waals surface area contributed by atoms with Gasteiger partial charge in [0.1, 0.15) is 0 Å². The van der Waals surface area contributed by atoms with Crippen molar-refractivity contribution in [1.29, 1.82) is 0 Å². The minimum Gasteiger partial charge on any atom is -0.380 e. The zero-order chi connectivity index (χ0) is 15.3. The molecule has 0 aliphatic carbocycles.